The highest BCUT2D eigenvalue weighted by atomic mass is 16.6. The Balaban J connectivity index is 1.000. The summed E-state index contributed by atoms with van der Waals surface area (Å²) in [4.78, 5) is 38.8. The van der Waals surface area contributed by atoms with Gasteiger partial charge in [-0.1, -0.05) is 24.3 Å². The van der Waals surface area contributed by atoms with Gasteiger partial charge in [0.1, 0.15) is 11.4 Å². The Hall–Kier alpha value is -4.24. The number of pyridine rings is 2. The van der Waals surface area contributed by atoms with Crippen LogP contribution in [0.4, 0.5) is 10.6 Å². The number of anilines is 1. The van der Waals surface area contributed by atoms with Gasteiger partial charge in [0.15, 0.2) is 0 Å². The van der Waals surface area contributed by atoms with Crippen LogP contribution < -0.4 is 5.32 Å². The molecule has 2 amide bonds. The molecule has 2 saturated heterocycles. The molecule has 236 valence electrons. The van der Waals surface area contributed by atoms with Gasteiger partial charge in [-0.2, -0.15) is 0 Å². The number of nitrogens with one attached hydrogen (secondary N) is 1. The Bertz CT molecular complexity index is 1610. The predicted molar refractivity (Wildman–Crippen MR) is 176 cm³/mol. The van der Waals surface area contributed by atoms with Crippen LogP contribution in [0.25, 0.3) is 10.9 Å². The molecule has 2 aliphatic rings. The number of hydrogen-bond acceptors (Lipinski definition) is 6. The van der Waals surface area contributed by atoms with E-state index in [2.05, 4.69) is 66.2 Å². The molecule has 9 heteroatoms. The van der Waals surface area contributed by atoms with E-state index in [9.17, 15) is 9.59 Å². The molecule has 1 aromatic carbocycles. The number of nitrogens with zero attached hydrogens (tertiary/aromatic N) is 5. The molecule has 1 N–H and O–H groups in total. The van der Waals surface area contributed by atoms with E-state index in [4.69, 9.17) is 4.74 Å². The smallest absolute Gasteiger partial charge is 0.413 e. The molecule has 2 fully saturated rings. The fraction of sp³-hybridized carbons (Fsp3) is 0.444. The number of piperidine rings is 2. The van der Waals surface area contributed by atoms with Crippen LogP contribution in [0.3, 0.4) is 0 Å². The number of fused-ring (bicyclic) bond motifs is 1. The number of hydrogen-bond donors (Lipinski definition) is 1. The highest BCUT2D eigenvalue weighted by Crippen LogP contribution is 2.35. The summed E-state index contributed by atoms with van der Waals surface area (Å²) >= 11 is 0. The summed E-state index contributed by atoms with van der Waals surface area (Å²) in [6, 6.07) is 16.6. The fourth-order valence-electron chi connectivity index (χ4n) is 6.73. The molecule has 0 bridgehead atoms. The number of aromatic nitrogens is 3. The lowest BCUT2D eigenvalue weighted by atomic mass is 9.88. The zero-order valence-electron chi connectivity index (χ0n) is 26.6. The van der Waals surface area contributed by atoms with Crippen LogP contribution in [0.2, 0.25) is 0 Å². The Morgan fingerprint density at radius 3 is 2.42 bits per heavy atom. The van der Waals surface area contributed by atoms with Crippen molar-refractivity contribution in [3.63, 3.8) is 0 Å². The van der Waals surface area contributed by atoms with E-state index in [0.717, 1.165) is 70.5 Å². The SMILES string of the molecule is CC(C)(C)OC(=O)Nc1cc(CN2CCC(C(=O)N3CCC(c4cn(Cc5cccnc5)c5ccccc45)CC3)CC2)ccn1. The number of para-hydroxylation sites is 1. The summed E-state index contributed by atoms with van der Waals surface area (Å²) in [6.45, 7) is 10.4. The maximum atomic E-state index is 13.6. The number of benzene rings is 1. The van der Waals surface area contributed by atoms with E-state index < -0.39 is 11.7 Å². The second-order valence-electron chi connectivity index (χ2n) is 13.4. The van der Waals surface area contributed by atoms with E-state index in [0.29, 0.717) is 17.6 Å². The van der Waals surface area contributed by atoms with Gasteiger partial charge in [0, 0.05) is 67.8 Å². The van der Waals surface area contributed by atoms with Gasteiger partial charge in [0.2, 0.25) is 5.91 Å². The van der Waals surface area contributed by atoms with Crippen molar-refractivity contribution in [2.45, 2.75) is 71.1 Å². The molecule has 0 aliphatic carbocycles. The monoisotopic (exact) mass is 608 g/mol. The molecule has 5 heterocycles. The Kier molecular flexibility index (Phi) is 9.16. The van der Waals surface area contributed by atoms with Gasteiger partial charge in [0.05, 0.1) is 0 Å². The van der Waals surface area contributed by atoms with Gasteiger partial charge in [0.25, 0.3) is 0 Å². The first kappa shape index (κ1) is 30.8. The molecule has 0 saturated carbocycles. The van der Waals surface area contributed by atoms with Crippen molar-refractivity contribution in [2.75, 3.05) is 31.5 Å². The Morgan fingerprint density at radius 1 is 0.911 bits per heavy atom. The number of carbonyl (C=O) groups excluding carboxylic acids is 2. The van der Waals surface area contributed by atoms with Crippen LogP contribution >= 0.6 is 0 Å². The average molecular weight is 609 g/mol. The van der Waals surface area contributed by atoms with Crippen LogP contribution in [0.1, 0.15) is 69.1 Å². The summed E-state index contributed by atoms with van der Waals surface area (Å²) in [6.07, 6.45) is 11.0. The summed E-state index contributed by atoms with van der Waals surface area (Å²) in [5, 5.41) is 4.04. The van der Waals surface area contributed by atoms with E-state index in [1.165, 1.54) is 22.0 Å². The van der Waals surface area contributed by atoms with Crippen molar-refractivity contribution in [3.05, 3.63) is 90.0 Å². The van der Waals surface area contributed by atoms with Gasteiger partial charge >= 0.3 is 6.09 Å². The third kappa shape index (κ3) is 7.71. The summed E-state index contributed by atoms with van der Waals surface area (Å²) in [5.74, 6) is 1.33. The highest BCUT2D eigenvalue weighted by molar-refractivity contribution is 5.85. The van der Waals surface area contributed by atoms with E-state index in [-0.39, 0.29) is 5.92 Å². The van der Waals surface area contributed by atoms with Gasteiger partial charge in [-0.3, -0.25) is 20.0 Å². The normalized spacial score (nSPS) is 17.0. The van der Waals surface area contributed by atoms with Crippen molar-refractivity contribution in [1.29, 1.82) is 0 Å². The molecule has 0 atom stereocenters. The summed E-state index contributed by atoms with van der Waals surface area (Å²) in [5.41, 5.74) is 4.35. The summed E-state index contributed by atoms with van der Waals surface area (Å²) < 4.78 is 7.69. The van der Waals surface area contributed by atoms with Crippen LogP contribution in [0.5, 0.6) is 0 Å². The molecule has 4 aromatic rings. The van der Waals surface area contributed by atoms with Gasteiger partial charge in [-0.25, -0.2) is 9.78 Å². The maximum absolute atomic E-state index is 13.6. The van der Waals surface area contributed by atoms with E-state index >= 15 is 0 Å². The average Bonchev–Trinajstić information content (AvgIpc) is 3.39. The van der Waals surface area contributed by atoms with Crippen molar-refractivity contribution < 1.29 is 14.3 Å². The molecular weight excluding hydrogens is 564 g/mol. The lowest BCUT2D eigenvalue weighted by Gasteiger charge is -2.37. The van der Waals surface area contributed by atoms with Crippen molar-refractivity contribution >= 4 is 28.7 Å². The Labute approximate surface area is 265 Å². The topological polar surface area (TPSA) is 92.6 Å². The van der Waals surface area contributed by atoms with Crippen molar-refractivity contribution in [2.24, 2.45) is 5.92 Å². The van der Waals surface area contributed by atoms with Crippen molar-refractivity contribution in [1.82, 2.24) is 24.3 Å². The highest BCUT2D eigenvalue weighted by Gasteiger charge is 2.32. The molecule has 45 heavy (non-hydrogen) atoms. The van der Waals surface area contributed by atoms with Crippen LogP contribution in [0.15, 0.2) is 73.3 Å². The number of rotatable bonds is 7. The van der Waals surface area contributed by atoms with E-state index in [1.54, 1.807) is 6.20 Å². The quantitative estimate of drug-likeness (QED) is 0.260. The van der Waals surface area contributed by atoms with Crippen LogP contribution in [-0.2, 0) is 22.6 Å². The maximum Gasteiger partial charge on any atom is 0.413 e. The minimum atomic E-state index is -0.567. The first-order valence-electron chi connectivity index (χ1n) is 16.1. The largest absolute Gasteiger partial charge is 0.444 e. The molecule has 0 unspecified atom stereocenters. The molecule has 3 aromatic heterocycles. The van der Waals surface area contributed by atoms with Gasteiger partial charge in [-0.05, 0) is 106 Å². The third-order valence-corrected chi connectivity index (χ3v) is 8.94. The van der Waals surface area contributed by atoms with Crippen LogP contribution in [-0.4, -0.2) is 68.1 Å². The minimum Gasteiger partial charge on any atom is -0.444 e. The second kappa shape index (κ2) is 13.4. The molecule has 0 spiro atoms. The minimum absolute atomic E-state index is 0.0843. The predicted octanol–water partition coefficient (Wildman–Crippen LogP) is 6.44. The molecular formula is C36H44N6O3. The fourth-order valence-corrected chi connectivity index (χ4v) is 6.73. The summed E-state index contributed by atoms with van der Waals surface area (Å²) in [7, 11) is 0. The zero-order chi connectivity index (χ0) is 31.4. The molecule has 2 aliphatic heterocycles. The van der Waals surface area contributed by atoms with Crippen molar-refractivity contribution in [3.8, 4) is 0 Å². The third-order valence-electron chi connectivity index (χ3n) is 8.94. The second-order valence-corrected chi connectivity index (χ2v) is 13.4. The molecule has 0 radical (unpaired) electrons. The standard InChI is InChI=1S/C36H44N6O3/c1-36(2,3)45-35(44)39-33-21-26(10-16-38-33)23-40-17-11-29(12-18-40)34(43)41-19-13-28(14-20-41)31-25-42(24-27-7-6-15-37-22-27)32-9-5-4-8-30(31)32/h4-10,15-16,21-22,25,28-29H,11-14,17-20,23-24H2,1-3H3,(H,38,39,44). The number of amides is 2. The first-order chi connectivity index (χ1) is 21.7. The van der Waals surface area contributed by atoms with Gasteiger partial charge < -0.3 is 14.2 Å². The van der Waals surface area contributed by atoms with Gasteiger partial charge in [-0.15, -0.1) is 0 Å². The number of likely N-dealkylation sites (tertiary alicyclic amines) is 2. The molecule has 9 nitrogen and oxygen atoms in total. The lowest BCUT2D eigenvalue weighted by molar-refractivity contribution is -0.138. The van der Waals surface area contributed by atoms with Crippen LogP contribution in [0, 0.1) is 5.92 Å². The Morgan fingerprint density at radius 2 is 1.69 bits per heavy atom. The first-order valence-corrected chi connectivity index (χ1v) is 16.1. The lowest BCUT2D eigenvalue weighted by Crippen LogP contribution is -2.45. The zero-order valence-corrected chi connectivity index (χ0v) is 26.6. The van der Waals surface area contributed by atoms with E-state index in [1.807, 2.05) is 51.4 Å². The molecule has 6 rings (SSSR count). The number of carbonyl (C=O) groups is 2. The number of ether oxygens (including phenoxy) is 1.